The van der Waals surface area contributed by atoms with Crippen LogP contribution in [0.25, 0.3) is 0 Å². The van der Waals surface area contributed by atoms with Crippen molar-refractivity contribution in [2.24, 2.45) is 5.92 Å². The largest absolute Gasteiger partial charge is 0.389 e. The summed E-state index contributed by atoms with van der Waals surface area (Å²) in [4.78, 5) is 27.0. The van der Waals surface area contributed by atoms with Crippen LogP contribution in [-0.2, 0) is 4.79 Å². The van der Waals surface area contributed by atoms with Crippen molar-refractivity contribution in [3.8, 4) is 0 Å². The Labute approximate surface area is 167 Å². The van der Waals surface area contributed by atoms with E-state index in [2.05, 4.69) is 34.7 Å². The number of anilines is 2. The number of piperazine rings is 1. The minimum atomic E-state index is -4.33. The second-order valence-electron chi connectivity index (χ2n) is 7.32. The molecule has 0 radical (unpaired) electrons. The van der Waals surface area contributed by atoms with Gasteiger partial charge in [0.25, 0.3) is 0 Å². The fraction of sp³-hybridized carbons (Fsp3) is 0.667. The van der Waals surface area contributed by atoms with Crippen LogP contribution in [-0.4, -0.2) is 65.9 Å². The molecule has 0 bridgehead atoms. The highest BCUT2D eigenvalue weighted by molar-refractivity contribution is 5.88. The highest BCUT2D eigenvalue weighted by Crippen LogP contribution is 2.22. The summed E-state index contributed by atoms with van der Waals surface area (Å²) >= 11 is 0. The van der Waals surface area contributed by atoms with Crippen molar-refractivity contribution >= 4 is 23.6 Å². The number of amides is 3. The van der Waals surface area contributed by atoms with E-state index in [1.54, 1.807) is 12.1 Å². The number of carbonyl (C=O) groups excluding carboxylic acids is 2. The SMILES string of the molecule is CC(C)CCNC(=O)Nc1ccc(N2CCN(C(=O)CCC(F)(F)F)CC2)nn1. The van der Waals surface area contributed by atoms with E-state index in [0.29, 0.717) is 50.3 Å². The van der Waals surface area contributed by atoms with Gasteiger partial charge in [0.15, 0.2) is 11.6 Å². The van der Waals surface area contributed by atoms with Gasteiger partial charge in [0.05, 0.1) is 6.42 Å². The maximum absolute atomic E-state index is 12.2. The van der Waals surface area contributed by atoms with Gasteiger partial charge in [-0.25, -0.2) is 4.79 Å². The molecule has 1 aliphatic rings. The quantitative estimate of drug-likeness (QED) is 0.713. The van der Waals surface area contributed by atoms with Crippen LogP contribution in [0.1, 0.15) is 33.1 Å². The van der Waals surface area contributed by atoms with Gasteiger partial charge in [-0.3, -0.25) is 10.1 Å². The van der Waals surface area contributed by atoms with Gasteiger partial charge in [-0.2, -0.15) is 13.2 Å². The predicted molar refractivity (Wildman–Crippen MR) is 103 cm³/mol. The van der Waals surface area contributed by atoms with Crippen molar-refractivity contribution in [2.45, 2.75) is 39.3 Å². The summed E-state index contributed by atoms with van der Waals surface area (Å²) < 4.78 is 36.7. The first-order chi connectivity index (χ1) is 13.6. The lowest BCUT2D eigenvalue weighted by atomic mass is 10.1. The molecule has 11 heteroatoms. The van der Waals surface area contributed by atoms with E-state index in [1.807, 2.05) is 4.90 Å². The molecule has 162 valence electrons. The average molecular weight is 416 g/mol. The zero-order valence-electron chi connectivity index (χ0n) is 16.6. The minimum Gasteiger partial charge on any atom is -0.352 e. The molecule has 1 fully saturated rings. The standard InChI is InChI=1S/C18H27F3N6O2/c1-13(2)6-8-22-17(29)23-14-3-4-15(25-24-14)26-9-11-27(12-10-26)16(28)5-7-18(19,20)21/h3-4,13H,5-12H2,1-2H3,(H2,22,23,24,29). The van der Waals surface area contributed by atoms with Crippen molar-refractivity contribution in [1.29, 1.82) is 0 Å². The van der Waals surface area contributed by atoms with Gasteiger partial charge in [0, 0.05) is 39.1 Å². The van der Waals surface area contributed by atoms with Crippen molar-refractivity contribution in [1.82, 2.24) is 20.4 Å². The maximum Gasteiger partial charge on any atom is 0.389 e. The fourth-order valence-electron chi connectivity index (χ4n) is 2.79. The second kappa shape index (κ2) is 10.3. The third-order valence-electron chi connectivity index (χ3n) is 4.48. The Morgan fingerprint density at radius 3 is 2.38 bits per heavy atom. The number of nitrogens with zero attached hydrogens (tertiary/aromatic N) is 4. The number of hydrogen-bond donors (Lipinski definition) is 2. The van der Waals surface area contributed by atoms with Crippen LogP contribution < -0.4 is 15.5 Å². The smallest absolute Gasteiger partial charge is 0.352 e. The monoisotopic (exact) mass is 416 g/mol. The Morgan fingerprint density at radius 1 is 1.14 bits per heavy atom. The third kappa shape index (κ3) is 8.12. The van der Waals surface area contributed by atoms with E-state index in [-0.39, 0.29) is 6.03 Å². The molecule has 1 aliphatic heterocycles. The van der Waals surface area contributed by atoms with Crippen molar-refractivity contribution in [2.75, 3.05) is 42.9 Å². The predicted octanol–water partition coefficient (Wildman–Crippen LogP) is 2.64. The zero-order valence-corrected chi connectivity index (χ0v) is 16.6. The molecule has 3 amide bonds. The van der Waals surface area contributed by atoms with Crippen LogP contribution in [0.15, 0.2) is 12.1 Å². The number of nitrogens with one attached hydrogen (secondary N) is 2. The van der Waals surface area contributed by atoms with E-state index >= 15 is 0 Å². The molecule has 0 spiro atoms. The average Bonchev–Trinajstić information content (AvgIpc) is 2.66. The number of halogens is 3. The molecule has 1 aromatic rings. The van der Waals surface area contributed by atoms with Crippen molar-refractivity contribution in [3.63, 3.8) is 0 Å². The van der Waals surface area contributed by atoms with Gasteiger partial charge < -0.3 is 15.1 Å². The number of alkyl halides is 3. The van der Waals surface area contributed by atoms with Crippen LogP contribution in [0, 0.1) is 5.92 Å². The minimum absolute atomic E-state index is 0.316. The molecule has 29 heavy (non-hydrogen) atoms. The van der Waals surface area contributed by atoms with Gasteiger partial charge in [-0.05, 0) is 24.5 Å². The van der Waals surface area contributed by atoms with E-state index in [1.165, 1.54) is 4.90 Å². The number of aromatic nitrogens is 2. The maximum atomic E-state index is 12.2. The lowest BCUT2D eigenvalue weighted by molar-refractivity contribution is -0.149. The molecule has 0 aromatic carbocycles. The Bertz CT molecular complexity index is 673. The molecular weight excluding hydrogens is 389 g/mol. The Kier molecular flexibility index (Phi) is 8.03. The lowest BCUT2D eigenvalue weighted by Gasteiger charge is -2.35. The summed E-state index contributed by atoms with van der Waals surface area (Å²) in [6.45, 7) is 6.28. The van der Waals surface area contributed by atoms with Gasteiger partial charge in [0.1, 0.15) is 0 Å². The summed E-state index contributed by atoms with van der Waals surface area (Å²) in [5.41, 5.74) is 0. The topological polar surface area (TPSA) is 90.5 Å². The molecule has 2 heterocycles. The number of rotatable bonds is 7. The van der Waals surface area contributed by atoms with Gasteiger partial charge in [0.2, 0.25) is 5.91 Å². The second-order valence-corrected chi connectivity index (χ2v) is 7.32. The molecule has 0 unspecified atom stereocenters. The number of urea groups is 1. The molecule has 8 nitrogen and oxygen atoms in total. The first-order valence-corrected chi connectivity index (χ1v) is 9.62. The van der Waals surface area contributed by atoms with E-state index < -0.39 is 24.9 Å². The molecule has 1 aromatic heterocycles. The summed E-state index contributed by atoms with van der Waals surface area (Å²) in [6.07, 6.45) is -5.07. The molecule has 2 N–H and O–H groups in total. The highest BCUT2D eigenvalue weighted by Gasteiger charge is 2.30. The Balaban J connectivity index is 1.77. The third-order valence-corrected chi connectivity index (χ3v) is 4.48. The van der Waals surface area contributed by atoms with Crippen LogP contribution in [0.5, 0.6) is 0 Å². The van der Waals surface area contributed by atoms with Gasteiger partial charge >= 0.3 is 12.2 Å². The molecular formula is C18H27F3N6O2. The molecule has 0 atom stereocenters. The van der Waals surface area contributed by atoms with Gasteiger partial charge in [-0.1, -0.05) is 13.8 Å². The fourth-order valence-corrected chi connectivity index (χ4v) is 2.79. The summed E-state index contributed by atoms with van der Waals surface area (Å²) in [5, 5.41) is 13.4. The summed E-state index contributed by atoms with van der Waals surface area (Å²) in [7, 11) is 0. The van der Waals surface area contributed by atoms with Crippen LogP contribution in [0.3, 0.4) is 0 Å². The normalized spacial score (nSPS) is 14.8. The van der Waals surface area contributed by atoms with Crippen LogP contribution >= 0.6 is 0 Å². The molecule has 2 rings (SSSR count). The lowest BCUT2D eigenvalue weighted by Crippen LogP contribution is -2.49. The molecule has 0 saturated carbocycles. The molecule has 0 aliphatic carbocycles. The first kappa shape index (κ1) is 22.7. The summed E-state index contributed by atoms with van der Waals surface area (Å²) in [6, 6.07) is 2.99. The van der Waals surface area contributed by atoms with E-state index in [9.17, 15) is 22.8 Å². The summed E-state index contributed by atoms with van der Waals surface area (Å²) in [5.74, 6) is 0.903. The van der Waals surface area contributed by atoms with Gasteiger partial charge in [-0.15, -0.1) is 10.2 Å². The number of carbonyl (C=O) groups is 2. The van der Waals surface area contributed by atoms with Crippen LogP contribution in [0.2, 0.25) is 0 Å². The van der Waals surface area contributed by atoms with E-state index in [0.717, 1.165) is 6.42 Å². The highest BCUT2D eigenvalue weighted by atomic mass is 19.4. The Hall–Kier alpha value is -2.59. The van der Waals surface area contributed by atoms with E-state index in [4.69, 9.17) is 0 Å². The molecule has 1 saturated heterocycles. The van der Waals surface area contributed by atoms with Crippen LogP contribution in [0.4, 0.5) is 29.6 Å². The van der Waals surface area contributed by atoms with Crippen molar-refractivity contribution in [3.05, 3.63) is 12.1 Å². The first-order valence-electron chi connectivity index (χ1n) is 9.62. The van der Waals surface area contributed by atoms with Crippen molar-refractivity contribution < 1.29 is 22.8 Å². The zero-order chi connectivity index (χ0) is 21.4. The Morgan fingerprint density at radius 2 is 1.83 bits per heavy atom. The number of hydrogen-bond acceptors (Lipinski definition) is 5.